The maximum atomic E-state index is 10.7. The molecule has 0 fully saturated rings. The maximum absolute atomic E-state index is 10.7. The SMILES string of the molecule is CCOC(=O)C=CC(CO)S(=O)O. The van der Waals surface area contributed by atoms with Gasteiger partial charge in [0.2, 0.25) is 0 Å². The highest BCUT2D eigenvalue weighted by Crippen LogP contribution is 1.95. The first kappa shape index (κ1) is 12.3. The molecule has 0 aromatic carbocycles. The van der Waals surface area contributed by atoms with Gasteiger partial charge in [0.25, 0.3) is 0 Å². The summed E-state index contributed by atoms with van der Waals surface area (Å²) in [5.74, 6) is -0.591. The standard InChI is InChI=1S/C7H12O5S/c1-2-12-7(9)4-3-6(5-8)13(10)11/h3-4,6,8H,2,5H2,1H3,(H,10,11). The van der Waals surface area contributed by atoms with Gasteiger partial charge in [-0.15, -0.1) is 0 Å². The van der Waals surface area contributed by atoms with Crippen molar-refractivity contribution >= 4 is 17.0 Å². The van der Waals surface area contributed by atoms with Crippen LogP contribution in [0, 0.1) is 0 Å². The molecule has 0 aliphatic rings. The lowest BCUT2D eigenvalue weighted by molar-refractivity contribution is -0.137. The van der Waals surface area contributed by atoms with Crippen molar-refractivity contribution in [1.29, 1.82) is 0 Å². The molecule has 0 aromatic heterocycles. The van der Waals surface area contributed by atoms with E-state index in [4.69, 9.17) is 9.66 Å². The topological polar surface area (TPSA) is 83.8 Å². The zero-order chi connectivity index (χ0) is 10.3. The molecule has 0 radical (unpaired) electrons. The predicted molar refractivity (Wildman–Crippen MR) is 47.4 cm³/mol. The van der Waals surface area contributed by atoms with E-state index in [2.05, 4.69) is 4.74 Å². The molecule has 0 amide bonds. The third-order valence-corrected chi connectivity index (χ3v) is 2.00. The Morgan fingerprint density at radius 3 is 2.69 bits per heavy atom. The highest BCUT2D eigenvalue weighted by Gasteiger charge is 2.09. The summed E-state index contributed by atoms with van der Waals surface area (Å²) < 4.78 is 23.5. The molecule has 2 unspecified atom stereocenters. The number of hydrogen-bond acceptors (Lipinski definition) is 4. The van der Waals surface area contributed by atoms with Gasteiger partial charge >= 0.3 is 5.97 Å². The molecule has 2 atom stereocenters. The lowest BCUT2D eigenvalue weighted by Gasteiger charge is -2.02. The van der Waals surface area contributed by atoms with Crippen molar-refractivity contribution in [2.45, 2.75) is 12.2 Å². The Labute approximate surface area is 78.7 Å². The van der Waals surface area contributed by atoms with E-state index >= 15 is 0 Å². The number of esters is 1. The van der Waals surface area contributed by atoms with Crippen molar-refractivity contribution in [3.8, 4) is 0 Å². The van der Waals surface area contributed by atoms with Crippen molar-refractivity contribution in [3.63, 3.8) is 0 Å². The van der Waals surface area contributed by atoms with Gasteiger partial charge in [-0.2, -0.15) is 0 Å². The first-order valence-electron chi connectivity index (χ1n) is 3.67. The number of ether oxygens (including phenoxy) is 1. The quantitative estimate of drug-likeness (QED) is 0.368. The average Bonchev–Trinajstić information content (AvgIpc) is 2.05. The van der Waals surface area contributed by atoms with Crippen molar-refractivity contribution in [2.24, 2.45) is 0 Å². The molecular weight excluding hydrogens is 196 g/mol. The molecule has 0 aliphatic heterocycles. The zero-order valence-corrected chi connectivity index (χ0v) is 7.99. The Morgan fingerprint density at radius 2 is 2.31 bits per heavy atom. The predicted octanol–water partition coefficient (Wildman–Crippen LogP) is -0.312. The van der Waals surface area contributed by atoms with Crippen LogP contribution in [0.5, 0.6) is 0 Å². The van der Waals surface area contributed by atoms with Crippen LogP contribution < -0.4 is 0 Å². The highest BCUT2D eigenvalue weighted by molar-refractivity contribution is 7.80. The minimum atomic E-state index is -2.17. The Morgan fingerprint density at radius 1 is 1.69 bits per heavy atom. The molecular formula is C7H12O5S. The van der Waals surface area contributed by atoms with E-state index in [9.17, 15) is 9.00 Å². The Hall–Kier alpha value is -0.720. The number of aliphatic hydroxyl groups excluding tert-OH is 1. The first-order chi connectivity index (χ1) is 6.11. The van der Waals surface area contributed by atoms with Gasteiger partial charge in [0, 0.05) is 6.08 Å². The molecule has 5 nitrogen and oxygen atoms in total. The van der Waals surface area contributed by atoms with Crippen LogP contribution in [-0.2, 0) is 20.6 Å². The summed E-state index contributed by atoms with van der Waals surface area (Å²) in [5, 5.41) is 7.64. The monoisotopic (exact) mass is 208 g/mol. The molecule has 0 saturated carbocycles. The average molecular weight is 208 g/mol. The minimum Gasteiger partial charge on any atom is -0.463 e. The fraction of sp³-hybridized carbons (Fsp3) is 0.571. The largest absolute Gasteiger partial charge is 0.463 e. The van der Waals surface area contributed by atoms with Crippen LogP contribution in [0.15, 0.2) is 12.2 Å². The second kappa shape index (κ2) is 6.76. The molecule has 0 rings (SSSR count). The highest BCUT2D eigenvalue weighted by atomic mass is 32.2. The number of carbonyl (C=O) groups is 1. The van der Waals surface area contributed by atoms with Crippen LogP contribution in [0.4, 0.5) is 0 Å². The molecule has 13 heavy (non-hydrogen) atoms. The number of hydrogen-bond donors (Lipinski definition) is 2. The number of rotatable bonds is 5. The van der Waals surface area contributed by atoms with E-state index in [0.717, 1.165) is 12.2 Å². The summed E-state index contributed by atoms with van der Waals surface area (Å²) in [6.07, 6.45) is 2.17. The van der Waals surface area contributed by atoms with E-state index in [1.807, 2.05) is 0 Å². The molecule has 6 heteroatoms. The van der Waals surface area contributed by atoms with E-state index in [-0.39, 0.29) is 6.61 Å². The first-order valence-corrected chi connectivity index (χ1v) is 4.84. The fourth-order valence-corrected chi connectivity index (χ4v) is 0.909. The normalized spacial score (nSPS) is 15.6. The summed E-state index contributed by atoms with van der Waals surface area (Å²) in [5.41, 5.74) is 0. The molecule has 0 aromatic rings. The van der Waals surface area contributed by atoms with E-state index in [1.54, 1.807) is 6.92 Å². The summed E-state index contributed by atoms with van der Waals surface area (Å²) >= 11 is -2.17. The van der Waals surface area contributed by atoms with Crippen molar-refractivity contribution in [3.05, 3.63) is 12.2 Å². The smallest absolute Gasteiger partial charge is 0.330 e. The van der Waals surface area contributed by atoms with Gasteiger partial charge in [0.05, 0.1) is 13.2 Å². The Bertz CT molecular complexity index is 213. The van der Waals surface area contributed by atoms with Gasteiger partial charge in [-0.3, -0.25) is 0 Å². The van der Waals surface area contributed by atoms with Crippen LogP contribution >= 0.6 is 0 Å². The number of carbonyl (C=O) groups excluding carboxylic acids is 1. The van der Waals surface area contributed by atoms with Gasteiger partial charge in [0.1, 0.15) is 5.25 Å². The Kier molecular flexibility index (Phi) is 6.38. The third kappa shape index (κ3) is 5.51. The molecule has 0 heterocycles. The van der Waals surface area contributed by atoms with Crippen molar-refractivity contribution in [1.82, 2.24) is 0 Å². The van der Waals surface area contributed by atoms with Crippen LogP contribution in [-0.4, -0.2) is 38.3 Å². The third-order valence-electron chi connectivity index (χ3n) is 1.17. The lowest BCUT2D eigenvalue weighted by Crippen LogP contribution is -2.16. The Balaban J connectivity index is 4.06. The van der Waals surface area contributed by atoms with E-state index < -0.39 is 28.9 Å². The van der Waals surface area contributed by atoms with Gasteiger partial charge in [0.15, 0.2) is 11.1 Å². The summed E-state index contributed by atoms with van der Waals surface area (Å²) in [6, 6.07) is 0. The molecule has 0 bridgehead atoms. The van der Waals surface area contributed by atoms with Gasteiger partial charge in [-0.05, 0) is 6.92 Å². The number of aliphatic hydroxyl groups is 1. The maximum Gasteiger partial charge on any atom is 0.330 e. The minimum absolute atomic E-state index is 0.245. The summed E-state index contributed by atoms with van der Waals surface area (Å²) in [4.78, 5) is 10.7. The van der Waals surface area contributed by atoms with Crippen molar-refractivity contribution < 1.29 is 23.4 Å². The van der Waals surface area contributed by atoms with Crippen LogP contribution in [0.2, 0.25) is 0 Å². The fourth-order valence-electron chi connectivity index (χ4n) is 0.568. The van der Waals surface area contributed by atoms with E-state index in [1.165, 1.54) is 0 Å². The lowest BCUT2D eigenvalue weighted by atomic mass is 10.4. The van der Waals surface area contributed by atoms with Crippen LogP contribution in [0.25, 0.3) is 0 Å². The van der Waals surface area contributed by atoms with Gasteiger partial charge < -0.3 is 14.4 Å². The van der Waals surface area contributed by atoms with Crippen LogP contribution in [0.3, 0.4) is 0 Å². The van der Waals surface area contributed by atoms with Gasteiger partial charge in [-0.1, -0.05) is 6.08 Å². The second-order valence-corrected chi connectivity index (χ2v) is 3.27. The zero-order valence-electron chi connectivity index (χ0n) is 7.17. The molecule has 0 spiro atoms. The van der Waals surface area contributed by atoms with E-state index in [0.29, 0.717) is 0 Å². The van der Waals surface area contributed by atoms with Crippen molar-refractivity contribution in [2.75, 3.05) is 13.2 Å². The summed E-state index contributed by atoms with van der Waals surface area (Å²) in [7, 11) is 0. The molecule has 0 aliphatic carbocycles. The summed E-state index contributed by atoms with van der Waals surface area (Å²) in [6.45, 7) is 1.41. The van der Waals surface area contributed by atoms with Crippen LogP contribution in [0.1, 0.15) is 6.92 Å². The second-order valence-electron chi connectivity index (χ2n) is 2.11. The molecule has 76 valence electrons. The molecule has 0 saturated heterocycles. The molecule has 2 N–H and O–H groups in total. The van der Waals surface area contributed by atoms with Gasteiger partial charge in [-0.25, -0.2) is 9.00 Å².